The highest BCUT2D eigenvalue weighted by Gasteiger charge is 2.35. The Morgan fingerprint density at radius 3 is 1.50 bits per heavy atom. The largest absolute Gasteiger partial charge is 0.270 e. The van der Waals surface area contributed by atoms with Gasteiger partial charge in [-0.05, 0) is 50.0 Å². The van der Waals surface area contributed by atoms with Gasteiger partial charge in [-0.2, -0.15) is 0 Å². The third-order valence-corrected chi connectivity index (χ3v) is 6.06. The smallest absolute Gasteiger partial charge is 0.261 e. The Labute approximate surface area is 173 Å². The van der Waals surface area contributed by atoms with Crippen LogP contribution in [0.4, 0.5) is 0 Å². The number of benzene rings is 5. The van der Waals surface area contributed by atoms with Crippen molar-refractivity contribution in [3.05, 3.63) is 108 Å². The number of rotatable bonds is 2. The van der Waals surface area contributed by atoms with Crippen LogP contribution in [0, 0.1) is 0 Å². The molecule has 5 aromatic carbocycles. The molecule has 3 nitrogen and oxygen atoms in total. The molecule has 5 aromatic rings. The molecule has 1 heterocycles. The average Bonchev–Trinajstić information content (AvgIpc) is 3.04. The molecule has 0 radical (unpaired) electrons. The Bertz CT molecular complexity index is 1440. The van der Waals surface area contributed by atoms with E-state index in [2.05, 4.69) is 36.4 Å². The van der Waals surface area contributed by atoms with Gasteiger partial charge in [0.25, 0.3) is 11.8 Å². The summed E-state index contributed by atoms with van der Waals surface area (Å²) >= 11 is 0. The van der Waals surface area contributed by atoms with Crippen molar-refractivity contribution in [3.8, 4) is 0 Å². The summed E-state index contributed by atoms with van der Waals surface area (Å²) in [6.45, 7) is 0.256. The second-order valence-corrected chi connectivity index (χ2v) is 7.67. The fourth-order valence-electron chi connectivity index (χ4n) is 4.72. The number of fused-ring (bicyclic) bond motifs is 7. The number of hydrogen-bond donors (Lipinski definition) is 0. The number of hydrogen-bond acceptors (Lipinski definition) is 2. The van der Waals surface area contributed by atoms with Crippen LogP contribution in [0.25, 0.3) is 32.3 Å². The Morgan fingerprint density at radius 1 is 0.500 bits per heavy atom. The van der Waals surface area contributed by atoms with Crippen molar-refractivity contribution in [2.45, 2.75) is 6.54 Å². The van der Waals surface area contributed by atoms with Crippen molar-refractivity contribution in [3.63, 3.8) is 0 Å². The topological polar surface area (TPSA) is 37.4 Å². The minimum Gasteiger partial charge on any atom is -0.270 e. The van der Waals surface area contributed by atoms with Gasteiger partial charge in [0.2, 0.25) is 0 Å². The SMILES string of the molecule is O=C1c2ccccc2C(=O)N1Cc1cccc2c3ccccc3c3ccccc3c12. The van der Waals surface area contributed by atoms with Crippen LogP contribution in [0.3, 0.4) is 0 Å². The predicted octanol–water partition coefficient (Wildman–Crippen LogP) is 5.94. The van der Waals surface area contributed by atoms with E-state index in [9.17, 15) is 9.59 Å². The zero-order valence-electron chi connectivity index (χ0n) is 16.1. The van der Waals surface area contributed by atoms with Crippen molar-refractivity contribution < 1.29 is 9.59 Å². The number of carbonyl (C=O) groups excluding carboxylic acids is 2. The fraction of sp³-hybridized carbons (Fsp3) is 0.0370. The second-order valence-electron chi connectivity index (χ2n) is 7.67. The first-order valence-electron chi connectivity index (χ1n) is 10.0. The molecule has 0 fully saturated rings. The van der Waals surface area contributed by atoms with Crippen LogP contribution in [0.5, 0.6) is 0 Å². The molecule has 0 aliphatic carbocycles. The van der Waals surface area contributed by atoms with Gasteiger partial charge in [-0.25, -0.2) is 0 Å². The van der Waals surface area contributed by atoms with E-state index in [1.807, 2.05) is 30.3 Å². The summed E-state index contributed by atoms with van der Waals surface area (Å²) in [5.41, 5.74) is 1.94. The Balaban J connectivity index is 1.61. The highest BCUT2D eigenvalue weighted by atomic mass is 16.2. The summed E-state index contributed by atoms with van der Waals surface area (Å²) in [6, 6.07) is 29.9. The highest BCUT2D eigenvalue weighted by molar-refractivity contribution is 6.26. The molecular weight excluding hydrogens is 370 g/mol. The Hall–Kier alpha value is -3.98. The molecule has 1 aliphatic heterocycles. The van der Waals surface area contributed by atoms with Crippen LogP contribution in [-0.2, 0) is 6.54 Å². The van der Waals surface area contributed by atoms with Gasteiger partial charge >= 0.3 is 0 Å². The maximum atomic E-state index is 12.9. The third-order valence-electron chi connectivity index (χ3n) is 6.06. The Morgan fingerprint density at radius 2 is 0.933 bits per heavy atom. The van der Waals surface area contributed by atoms with Crippen LogP contribution in [0.2, 0.25) is 0 Å². The molecule has 0 aromatic heterocycles. The summed E-state index contributed by atoms with van der Waals surface area (Å²) in [5, 5.41) is 6.93. The molecule has 0 unspecified atom stereocenters. The van der Waals surface area contributed by atoms with Gasteiger partial charge in [-0.3, -0.25) is 14.5 Å². The number of nitrogens with zero attached hydrogens (tertiary/aromatic N) is 1. The Kier molecular flexibility index (Phi) is 3.53. The molecule has 1 aliphatic rings. The zero-order valence-corrected chi connectivity index (χ0v) is 16.1. The zero-order chi connectivity index (χ0) is 20.2. The molecule has 0 saturated heterocycles. The maximum Gasteiger partial charge on any atom is 0.261 e. The lowest BCUT2D eigenvalue weighted by atomic mass is 9.91. The lowest BCUT2D eigenvalue weighted by molar-refractivity contribution is 0.0643. The summed E-state index contributed by atoms with van der Waals surface area (Å²) in [5.74, 6) is -0.449. The molecule has 0 saturated carbocycles. The molecule has 0 atom stereocenters. The molecule has 0 N–H and O–H groups in total. The molecular formula is C27H17NO2. The minimum atomic E-state index is -0.224. The number of imide groups is 1. The first kappa shape index (κ1) is 16.9. The summed E-state index contributed by atoms with van der Waals surface area (Å²) in [7, 11) is 0. The van der Waals surface area contributed by atoms with Crippen LogP contribution < -0.4 is 0 Å². The average molecular weight is 387 g/mol. The summed E-state index contributed by atoms with van der Waals surface area (Å²) in [4.78, 5) is 27.2. The lowest BCUT2D eigenvalue weighted by Gasteiger charge is -2.18. The van der Waals surface area contributed by atoms with Gasteiger partial charge < -0.3 is 0 Å². The maximum absolute atomic E-state index is 12.9. The molecule has 2 amide bonds. The molecule has 30 heavy (non-hydrogen) atoms. The predicted molar refractivity (Wildman–Crippen MR) is 120 cm³/mol. The van der Waals surface area contributed by atoms with E-state index in [0.29, 0.717) is 11.1 Å². The molecule has 0 spiro atoms. The van der Waals surface area contributed by atoms with Crippen LogP contribution in [-0.4, -0.2) is 16.7 Å². The number of amides is 2. The van der Waals surface area contributed by atoms with E-state index < -0.39 is 0 Å². The minimum absolute atomic E-state index is 0.224. The van der Waals surface area contributed by atoms with E-state index in [-0.39, 0.29) is 18.4 Å². The van der Waals surface area contributed by atoms with Gasteiger partial charge in [0.05, 0.1) is 17.7 Å². The van der Waals surface area contributed by atoms with E-state index in [1.54, 1.807) is 24.3 Å². The van der Waals surface area contributed by atoms with Crippen LogP contribution in [0.1, 0.15) is 26.3 Å². The van der Waals surface area contributed by atoms with Crippen LogP contribution in [0.15, 0.2) is 91.0 Å². The van der Waals surface area contributed by atoms with Gasteiger partial charge in [0.15, 0.2) is 0 Å². The van der Waals surface area contributed by atoms with Crippen molar-refractivity contribution in [2.75, 3.05) is 0 Å². The van der Waals surface area contributed by atoms with E-state index >= 15 is 0 Å². The van der Waals surface area contributed by atoms with Gasteiger partial charge in [0.1, 0.15) is 0 Å². The molecule has 0 bridgehead atoms. The molecule has 3 heteroatoms. The highest BCUT2D eigenvalue weighted by Crippen LogP contribution is 2.37. The summed E-state index contributed by atoms with van der Waals surface area (Å²) in [6.07, 6.45) is 0. The lowest BCUT2D eigenvalue weighted by Crippen LogP contribution is -2.29. The first-order valence-corrected chi connectivity index (χ1v) is 10.0. The summed E-state index contributed by atoms with van der Waals surface area (Å²) < 4.78 is 0. The number of carbonyl (C=O) groups is 2. The van der Waals surface area contributed by atoms with Crippen molar-refractivity contribution in [1.29, 1.82) is 0 Å². The monoisotopic (exact) mass is 387 g/mol. The van der Waals surface area contributed by atoms with E-state index in [1.165, 1.54) is 21.1 Å². The van der Waals surface area contributed by atoms with Crippen molar-refractivity contribution >= 4 is 44.1 Å². The van der Waals surface area contributed by atoms with E-state index in [4.69, 9.17) is 0 Å². The van der Waals surface area contributed by atoms with Crippen molar-refractivity contribution in [1.82, 2.24) is 4.90 Å². The van der Waals surface area contributed by atoms with Crippen LogP contribution >= 0.6 is 0 Å². The van der Waals surface area contributed by atoms with Gasteiger partial charge in [-0.1, -0.05) is 78.9 Å². The van der Waals surface area contributed by atoms with E-state index in [0.717, 1.165) is 21.7 Å². The van der Waals surface area contributed by atoms with Crippen molar-refractivity contribution in [2.24, 2.45) is 0 Å². The molecule has 142 valence electrons. The quantitative estimate of drug-likeness (QED) is 0.278. The normalized spacial score (nSPS) is 13.5. The van der Waals surface area contributed by atoms with Gasteiger partial charge in [0, 0.05) is 0 Å². The third kappa shape index (κ3) is 2.26. The van der Waals surface area contributed by atoms with Gasteiger partial charge in [-0.15, -0.1) is 0 Å². The first-order chi connectivity index (χ1) is 14.7. The second kappa shape index (κ2) is 6.26. The fourth-order valence-corrected chi connectivity index (χ4v) is 4.72. The molecule has 6 rings (SSSR count). The standard InChI is InChI=1S/C27H17NO2/c29-26-23-13-5-6-14-24(23)27(30)28(26)16-17-8-7-15-22-20-10-2-1-9-18(20)19-11-3-4-12-21(19)25(17)22/h1-15H,16H2.